The lowest BCUT2D eigenvalue weighted by Crippen LogP contribution is -2.35. The molecule has 0 radical (unpaired) electrons. The fourth-order valence-electron chi connectivity index (χ4n) is 5.35. The van der Waals surface area contributed by atoms with Crippen molar-refractivity contribution >= 4 is 12.1 Å². The molecule has 35 heavy (non-hydrogen) atoms. The predicted octanol–water partition coefficient (Wildman–Crippen LogP) is 4.63. The van der Waals surface area contributed by atoms with Gasteiger partial charge in [0.2, 0.25) is 0 Å². The fraction of sp³-hybridized carbons (Fsp3) is 0.615. The Labute approximate surface area is 206 Å². The van der Waals surface area contributed by atoms with Crippen LogP contribution in [0.15, 0.2) is 12.1 Å². The summed E-state index contributed by atoms with van der Waals surface area (Å²) in [7, 11) is 3.65. The molecule has 0 spiro atoms. The number of aryl methyl sites for hydroxylation is 3. The number of rotatable bonds is 7. The van der Waals surface area contributed by atoms with Gasteiger partial charge in [-0.05, 0) is 64.5 Å². The molecule has 2 aromatic rings. The Bertz CT molecular complexity index is 1080. The van der Waals surface area contributed by atoms with Crippen molar-refractivity contribution in [1.82, 2.24) is 19.7 Å². The molecule has 2 aliphatic rings. The summed E-state index contributed by atoms with van der Waals surface area (Å²) < 4.78 is 13.6. The van der Waals surface area contributed by atoms with Crippen molar-refractivity contribution in [1.29, 1.82) is 0 Å². The minimum Gasteiger partial charge on any atom is -0.489 e. The van der Waals surface area contributed by atoms with Crippen LogP contribution in [-0.2, 0) is 23.2 Å². The first-order chi connectivity index (χ1) is 16.7. The summed E-state index contributed by atoms with van der Waals surface area (Å²) in [4.78, 5) is 30.5. The number of ether oxygens (including phenoxy) is 2. The van der Waals surface area contributed by atoms with Crippen LogP contribution in [0.5, 0.6) is 5.75 Å². The molecule has 2 fully saturated rings. The van der Waals surface area contributed by atoms with E-state index < -0.39 is 5.97 Å². The lowest BCUT2D eigenvalue weighted by atomic mass is 9.87. The van der Waals surface area contributed by atoms with E-state index in [0.29, 0.717) is 18.6 Å². The highest BCUT2D eigenvalue weighted by Crippen LogP contribution is 2.32. The number of hydrogen-bond acceptors (Lipinski definition) is 6. The van der Waals surface area contributed by atoms with Crippen LogP contribution >= 0.6 is 0 Å². The van der Waals surface area contributed by atoms with Crippen LogP contribution in [0.4, 0.5) is 4.79 Å². The topological polar surface area (TPSA) is 107 Å². The number of carbonyl (C=O) groups is 2. The maximum absolute atomic E-state index is 12.6. The number of hydrogen-bond donors (Lipinski definition) is 1. The van der Waals surface area contributed by atoms with Crippen LogP contribution in [-0.4, -0.2) is 56.0 Å². The number of aromatic nitrogens is 3. The van der Waals surface area contributed by atoms with Crippen molar-refractivity contribution in [3.63, 3.8) is 0 Å². The third-order valence-corrected chi connectivity index (χ3v) is 7.40. The van der Waals surface area contributed by atoms with Gasteiger partial charge >= 0.3 is 12.1 Å². The van der Waals surface area contributed by atoms with Gasteiger partial charge < -0.3 is 19.5 Å². The van der Waals surface area contributed by atoms with E-state index in [1.807, 2.05) is 40.1 Å². The normalized spacial score (nSPS) is 20.6. The van der Waals surface area contributed by atoms with Gasteiger partial charge in [-0.3, -0.25) is 9.48 Å². The van der Waals surface area contributed by atoms with Gasteiger partial charge in [-0.2, -0.15) is 5.10 Å². The molecule has 2 atom stereocenters. The summed E-state index contributed by atoms with van der Waals surface area (Å²) in [6, 6.07) is 4.03. The van der Waals surface area contributed by atoms with E-state index in [2.05, 4.69) is 5.10 Å². The monoisotopic (exact) mass is 484 g/mol. The second-order valence-corrected chi connectivity index (χ2v) is 9.86. The van der Waals surface area contributed by atoms with Crippen molar-refractivity contribution in [3.8, 4) is 17.0 Å². The number of aliphatic carboxylic acids is 1. The second-order valence-electron chi connectivity index (χ2n) is 9.86. The zero-order chi connectivity index (χ0) is 25.1. The first-order valence-electron chi connectivity index (χ1n) is 12.5. The van der Waals surface area contributed by atoms with Gasteiger partial charge in [-0.1, -0.05) is 12.8 Å². The van der Waals surface area contributed by atoms with Crippen molar-refractivity contribution in [2.45, 2.75) is 84.0 Å². The molecule has 0 aliphatic heterocycles. The van der Waals surface area contributed by atoms with Gasteiger partial charge in [0.1, 0.15) is 12.4 Å². The molecule has 2 saturated carbocycles. The molecule has 0 saturated heterocycles. The van der Waals surface area contributed by atoms with E-state index in [0.717, 1.165) is 66.9 Å². The van der Waals surface area contributed by atoms with E-state index in [4.69, 9.17) is 14.5 Å². The van der Waals surface area contributed by atoms with Gasteiger partial charge in [-0.25, -0.2) is 9.78 Å². The largest absolute Gasteiger partial charge is 0.489 e. The molecule has 2 heterocycles. The molecule has 1 N–H and O–H groups in total. The van der Waals surface area contributed by atoms with E-state index >= 15 is 0 Å². The molecule has 0 bridgehead atoms. The average Bonchev–Trinajstić information content (AvgIpc) is 3.46. The van der Waals surface area contributed by atoms with Crippen LogP contribution < -0.4 is 4.74 Å². The van der Waals surface area contributed by atoms with Crippen LogP contribution in [0.2, 0.25) is 0 Å². The Morgan fingerprint density at radius 3 is 2.54 bits per heavy atom. The number of amides is 1. The molecule has 0 unspecified atom stereocenters. The number of carbonyl (C=O) groups excluding carboxylic acids is 1. The highest BCUT2D eigenvalue weighted by atomic mass is 16.6. The van der Waals surface area contributed by atoms with Crippen molar-refractivity contribution < 1.29 is 24.2 Å². The minimum atomic E-state index is -0.752. The van der Waals surface area contributed by atoms with Crippen molar-refractivity contribution in [2.75, 3.05) is 7.05 Å². The number of carboxylic acids is 1. The fourth-order valence-corrected chi connectivity index (χ4v) is 5.35. The second kappa shape index (κ2) is 10.7. The Kier molecular flexibility index (Phi) is 7.62. The molecule has 9 heteroatoms. The van der Waals surface area contributed by atoms with Gasteiger partial charge in [0.15, 0.2) is 0 Å². The lowest BCUT2D eigenvalue weighted by molar-refractivity contribution is -0.143. The van der Waals surface area contributed by atoms with E-state index in [-0.39, 0.29) is 30.8 Å². The smallest absolute Gasteiger partial charge is 0.410 e. The molecule has 1 amide bonds. The van der Waals surface area contributed by atoms with Gasteiger partial charge in [0.25, 0.3) is 0 Å². The van der Waals surface area contributed by atoms with Crippen LogP contribution in [0.25, 0.3) is 11.3 Å². The van der Waals surface area contributed by atoms with E-state index in [1.54, 1.807) is 9.58 Å². The zero-order valence-electron chi connectivity index (χ0n) is 21.1. The minimum absolute atomic E-state index is 0.111. The summed E-state index contributed by atoms with van der Waals surface area (Å²) in [6.45, 7) is 3.92. The summed E-state index contributed by atoms with van der Waals surface area (Å²) in [5.74, 6) is -0.437. The maximum atomic E-state index is 12.6. The Balaban J connectivity index is 1.47. The first kappa shape index (κ1) is 25.0. The van der Waals surface area contributed by atoms with Crippen LogP contribution in [0.3, 0.4) is 0 Å². The summed E-state index contributed by atoms with van der Waals surface area (Å²) in [5, 5.41) is 13.9. The van der Waals surface area contributed by atoms with Crippen molar-refractivity contribution in [3.05, 3.63) is 29.2 Å². The molecule has 9 nitrogen and oxygen atoms in total. The first-order valence-corrected chi connectivity index (χ1v) is 12.5. The highest BCUT2D eigenvalue weighted by Gasteiger charge is 2.29. The molecule has 0 aromatic carbocycles. The lowest BCUT2D eigenvalue weighted by Gasteiger charge is -2.27. The Morgan fingerprint density at radius 2 is 1.86 bits per heavy atom. The summed E-state index contributed by atoms with van der Waals surface area (Å²) in [5.41, 5.74) is 3.91. The van der Waals surface area contributed by atoms with Crippen LogP contribution in [0.1, 0.15) is 68.4 Å². The summed E-state index contributed by atoms with van der Waals surface area (Å²) in [6.07, 6.45) is 6.83. The molecular formula is C26H36N4O5. The van der Waals surface area contributed by atoms with E-state index in [9.17, 15) is 14.7 Å². The Hall–Kier alpha value is -3.10. The summed E-state index contributed by atoms with van der Waals surface area (Å²) >= 11 is 0. The standard InChI is InChI=1S/C26H36N4O5/c1-16-23(35-20-11-7-8-18(14-20)25(31)32)13-12-21(27-16)24-17(2)28-30(4)22(24)15-34-26(33)29(3)19-9-5-6-10-19/h12-13,18-20H,5-11,14-15H2,1-4H3,(H,31,32)/t18-,20-/m0/s1. The van der Waals surface area contributed by atoms with Gasteiger partial charge in [0, 0.05) is 25.7 Å². The SMILES string of the molecule is Cc1nc(-c2c(C)nn(C)c2COC(=O)N(C)C2CCCC2)ccc1O[C@H]1CCC[C@H](C(=O)O)C1. The van der Waals surface area contributed by atoms with Crippen LogP contribution in [0, 0.1) is 19.8 Å². The predicted molar refractivity (Wildman–Crippen MR) is 130 cm³/mol. The molecule has 190 valence electrons. The Morgan fingerprint density at radius 1 is 1.11 bits per heavy atom. The maximum Gasteiger partial charge on any atom is 0.410 e. The van der Waals surface area contributed by atoms with Crippen molar-refractivity contribution in [2.24, 2.45) is 13.0 Å². The molecule has 4 rings (SSSR count). The average molecular weight is 485 g/mol. The molecule has 2 aromatic heterocycles. The highest BCUT2D eigenvalue weighted by molar-refractivity contribution is 5.70. The molecular weight excluding hydrogens is 448 g/mol. The number of pyridine rings is 1. The van der Waals surface area contributed by atoms with E-state index in [1.165, 1.54) is 0 Å². The molecule has 2 aliphatic carbocycles. The zero-order valence-corrected chi connectivity index (χ0v) is 21.1. The third-order valence-electron chi connectivity index (χ3n) is 7.40. The van der Waals surface area contributed by atoms with Gasteiger partial charge in [0.05, 0.1) is 34.8 Å². The van der Waals surface area contributed by atoms with Gasteiger partial charge in [-0.15, -0.1) is 0 Å². The quantitative estimate of drug-likeness (QED) is 0.610. The number of nitrogens with zero attached hydrogens (tertiary/aromatic N) is 4. The third kappa shape index (κ3) is 5.60. The number of carboxylic acid groups (broad SMARTS) is 1.